The first kappa shape index (κ1) is 23.1. The standard InChI is InChI=1S/C24H24Cl2N4O3/c1-14(2)27-24-28-19-13-29(22(31)15-8-9-17(25)18(26)12-15)11-10-16(19)23(32)30(24)20-6-4-5-7-21(20)33-3/h4-9,12,14H,10-11,13H2,1-3H3,(H,27,28). The highest BCUT2D eigenvalue weighted by Gasteiger charge is 2.28. The molecule has 9 heteroatoms. The van der Waals surface area contributed by atoms with Crippen LogP contribution in [0.3, 0.4) is 0 Å². The number of benzene rings is 2. The number of fused-ring (bicyclic) bond motifs is 1. The van der Waals surface area contributed by atoms with Crippen LogP contribution in [-0.2, 0) is 13.0 Å². The Hall–Kier alpha value is -3.03. The second kappa shape index (κ2) is 9.45. The second-order valence-corrected chi connectivity index (χ2v) is 8.89. The summed E-state index contributed by atoms with van der Waals surface area (Å²) in [6.45, 7) is 4.56. The number of halogens is 2. The van der Waals surface area contributed by atoms with Gasteiger partial charge in [-0.05, 0) is 50.6 Å². The number of ether oxygens (including phenoxy) is 1. The fourth-order valence-electron chi connectivity index (χ4n) is 3.87. The van der Waals surface area contributed by atoms with E-state index in [-0.39, 0.29) is 24.1 Å². The largest absolute Gasteiger partial charge is 0.495 e. The summed E-state index contributed by atoms with van der Waals surface area (Å²) in [5.41, 5.74) is 2.05. The van der Waals surface area contributed by atoms with Crippen LogP contribution < -0.4 is 15.6 Å². The van der Waals surface area contributed by atoms with Crippen LogP contribution in [0.4, 0.5) is 5.95 Å². The smallest absolute Gasteiger partial charge is 0.263 e. The number of hydrogen-bond donors (Lipinski definition) is 1. The lowest BCUT2D eigenvalue weighted by molar-refractivity contribution is 0.0731. The van der Waals surface area contributed by atoms with Gasteiger partial charge in [-0.1, -0.05) is 35.3 Å². The first-order valence-corrected chi connectivity index (χ1v) is 11.3. The van der Waals surface area contributed by atoms with Crippen molar-refractivity contribution in [2.24, 2.45) is 0 Å². The first-order valence-electron chi connectivity index (χ1n) is 10.6. The summed E-state index contributed by atoms with van der Waals surface area (Å²) >= 11 is 12.1. The number of anilines is 1. The van der Waals surface area contributed by atoms with Crippen LogP contribution in [-0.4, -0.2) is 40.1 Å². The lowest BCUT2D eigenvalue weighted by Gasteiger charge is -2.29. The maximum absolute atomic E-state index is 13.6. The van der Waals surface area contributed by atoms with Crippen molar-refractivity contribution in [3.63, 3.8) is 0 Å². The van der Waals surface area contributed by atoms with Gasteiger partial charge in [-0.15, -0.1) is 0 Å². The fraction of sp³-hybridized carbons (Fsp3) is 0.292. The molecule has 0 saturated carbocycles. The topological polar surface area (TPSA) is 76.5 Å². The molecule has 3 aromatic rings. The Labute approximate surface area is 201 Å². The van der Waals surface area contributed by atoms with Gasteiger partial charge in [0.1, 0.15) is 5.75 Å². The molecule has 0 saturated heterocycles. The minimum Gasteiger partial charge on any atom is -0.495 e. The third-order valence-electron chi connectivity index (χ3n) is 5.43. The molecule has 33 heavy (non-hydrogen) atoms. The Kier molecular flexibility index (Phi) is 6.63. The van der Waals surface area contributed by atoms with Crippen molar-refractivity contribution in [1.29, 1.82) is 0 Å². The first-order chi connectivity index (χ1) is 15.8. The molecule has 0 aliphatic carbocycles. The van der Waals surface area contributed by atoms with E-state index in [4.69, 9.17) is 32.9 Å². The Morgan fingerprint density at radius 2 is 1.91 bits per heavy atom. The molecule has 0 radical (unpaired) electrons. The van der Waals surface area contributed by atoms with Gasteiger partial charge < -0.3 is 15.0 Å². The number of methoxy groups -OCH3 is 1. The zero-order valence-corrected chi connectivity index (χ0v) is 20.1. The van der Waals surface area contributed by atoms with Gasteiger partial charge in [0.05, 0.1) is 35.1 Å². The normalized spacial score (nSPS) is 13.1. The molecule has 0 unspecified atom stereocenters. The van der Waals surface area contributed by atoms with E-state index in [2.05, 4.69) is 5.32 Å². The lowest BCUT2D eigenvalue weighted by atomic mass is 10.0. The fourth-order valence-corrected chi connectivity index (χ4v) is 4.16. The maximum atomic E-state index is 13.6. The van der Waals surface area contributed by atoms with E-state index in [9.17, 15) is 9.59 Å². The molecule has 1 aromatic heterocycles. The lowest BCUT2D eigenvalue weighted by Crippen LogP contribution is -2.41. The average molecular weight is 487 g/mol. The number of aromatic nitrogens is 2. The summed E-state index contributed by atoms with van der Waals surface area (Å²) in [5.74, 6) is 0.788. The van der Waals surface area contributed by atoms with Crippen molar-refractivity contribution >= 4 is 35.1 Å². The number of hydrogen-bond acceptors (Lipinski definition) is 5. The third-order valence-corrected chi connectivity index (χ3v) is 6.17. The van der Waals surface area contributed by atoms with Crippen molar-refractivity contribution in [1.82, 2.24) is 14.5 Å². The molecule has 1 aliphatic heterocycles. The van der Waals surface area contributed by atoms with Crippen LogP contribution in [0.2, 0.25) is 10.0 Å². The Morgan fingerprint density at radius 1 is 1.15 bits per heavy atom. The SMILES string of the molecule is COc1ccccc1-n1c(NC(C)C)nc2c(c1=O)CCN(C(=O)c1ccc(Cl)c(Cl)c1)C2. The zero-order valence-electron chi connectivity index (χ0n) is 18.6. The molecule has 0 bridgehead atoms. The van der Waals surface area contributed by atoms with Gasteiger partial charge in [-0.2, -0.15) is 0 Å². The maximum Gasteiger partial charge on any atom is 0.263 e. The van der Waals surface area contributed by atoms with E-state index in [0.29, 0.717) is 57.2 Å². The molecule has 1 N–H and O–H groups in total. The predicted molar refractivity (Wildman–Crippen MR) is 130 cm³/mol. The van der Waals surface area contributed by atoms with E-state index in [1.165, 1.54) is 0 Å². The van der Waals surface area contributed by atoms with Crippen LogP contribution in [0.5, 0.6) is 5.75 Å². The Bertz CT molecular complexity index is 1270. The molecule has 0 spiro atoms. The van der Waals surface area contributed by atoms with E-state index in [1.807, 2.05) is 32.0 Å². The molecule has 1 aliphatic rings. The molecular weight excluding hydrogens is 463 g/mol. The van der Waals surface area contributed by atoms with E-state index in [0.717, 1.165) is 0 Å². The van der Waals surface area contributed by atoms with Crippen LogP contribution in [0.15, 0.2) is 47.3 Å². The monoisotopic (exact) mass is 486 g/mol. The minimum atomic E-state index is -0.187. The number of carbonyl (C=O) groups is 1. The third kappa shape index (κ3) is 4.56. The van der Waals surface area contributed by atoms with Gasteiger partial charge in [-0.25, -0.2) is 9.55 Å². The molecule has 0 fully saturated rings. The van der Waals surface area contributed by atoms with Crippen molar-refractivity contribution in [3.05, 3.63) is 79.7 Å². The number of nitrogens with zero attached hydrogens (tertiary/aromatic N) is 3. The Morgan fingerprint density at radius 3 is 2.61 bits per heavy atom. The zero-order chi connectivity index (χ0) is 23.7. The van der Waals surface area contributed by atoms with Crippen molar-refractivity contribution < 1.29 is 9.53 Å². The number of para-hydroxylation sites is 2. The predicted octanol–water partition coefficient (Wildman–Crippen LogP) is 4.57. The molecule has 2 aromatic carbocycles. The summed E-state index contributed by atoms with van der Waals surface area (Å²) in [4.78, 5) is 33.1. The number of rotatable bonds is 5. The van der Waals surface area contributed by atoms with Gasteiger partial charge in [0.2, 0.25) is 5.95 Å². The van der Waals surface area contributed by atoms with Gasteiger partial charge in [-0.3, -0.25) is 9.59 Å². The van der Waals surface area contributed by atoms with E-state index < -0.39 is 0 Å². The molecular formula is C24H24Cl2N4O3. The van der Waals surface area contributed by atoms with E-state index >= 15 is 0 Å². The van der Waals surface area contributed by atoms with Crippen LogP contribution in [0.25, 0.3) is 5.69 Å². The van der Waals surface area contributed by atoms with Gasteiger partial charge in [0.25, 0.3) is 11.5 Å². The Balaban J connectivity index is 1.76. The number of carbonyl (C=O) groups excluding carboxylic acids is 1. The van der Waals surface area contributed by atoms with Crippen molar-refractivity contribution in [2.75, 3.05) is 19.0 Å². The van der Waals surface area contributed by atoms with E-state index in [1.54, 1.807) is 40.8 Å². The van der Waals surface area contributed by atoms with Crippen molar-refractivity contribution in [2.45, 2.75) is 32.9 Å². The molecule has 2 heterocycles. The summed E-state index contributed by atoms with van der Waals surface area (Å²) in [7, 11) is 1.57. The summed E-state index contributed by atoms with van der Waals surface area (Å²) in [6, 6.07) is 12.2. The van der Waals surface area contributed by atoms with Crippen LogP contribution in [0, 0.1) is 0 Å². The highest BCUT2D eigenvalue weighted by molar-refractivity contribution is 6.42. The number of amides is 1. The molecule has 172 valence electrons. The molecule has 7 nitrogen and oxygen atoms in total. The average Bonchev–Trinajstić information content (AvgIpc) is 2.80. The van der Waals surface area contributed by atoms with Gasteiger partial charge in [0.15, 0.2) is 0 Å². The summed E-state index contributed by atoms with van der Waals surface area (Å²) in [6.07, 6.45) is 0.394. The minimum absolute atomic E-state index is 0.0356. The summed E-state index contributed by atoms with van der Waals surface area (Å²) in [5, 5.41) is 3.97. The highest BCUT2D eigenvalue weighted by Crippen LogP contribution is 2.27. The van der Waals surface area contributed by atoms with Crippen LogP contribution in [0.1, 0.15) is 35.5 Å². The molecule has 1 amide bonds. The van der Waals surface area contributed by atoms with Gasteiger partial charge in [0, 0.05) is 23.7 Å². The number of nitrogens with one attached hydrogen (secondary N) is 1. The summed E-state index contributed by atoms with van der Waals surface area (Å²) < 4.78 is 7.04. The highest BCUT2D eigenvalue weighted by atomic mass is 35.5. The molecule has 0 atom stereocenters. The van der Waals surface area contributed by atoms with Crippen molar-refractivity contribution in [3.8, 4) is 11.4 Å². The second-order valence-electron chi connectivity index (χ2n) is 8.08. The quantitative estimate of drug-likeness (QED) is 0.571. The van der Waals surface area contributed by atoms with Gasteiger partial charge >= 0.3 is 0 Å². The molecule has 4 rings (SSSR count). The van der Waals surface area contributed by atoms with Crippen LogP contribution >= 0.6 is 23.2 Å².